The van der Waals surface area contributed by atoms with Crippen LogP contribution in [-0.4, -0.2) is 23.7 Å². The quantitative estimate of drug-likeness (QED) is 0.905. The average molecular weight is 339 g/mol. The average Bonchev–Trinajstić information content (AvgIpc) is 2.44. The molecule has 1 saturated heterocycles. The van der Waals surface area contributed by atoms with E-state index in [4.69, 9.17) is 4.74 Å². The molecule has 2 atom stereocenters. The second-order valence-corrected chi connectivity index (χ2v) is 6.90. The third kappa shape index (κ3) is 2.78. The maximum Gasteiger partial charge on any atom is 0.0717 e. The van der Waals surface area contributed by atoms with Gasteiger partial charge in [-0.1, -0.05) is 6.92 Å². The van der Waals surface area contributed by atoms with Crippen LogP contribution in [0, 0.1) is 5.92 Å². The van der Waals surface area contributed by atoms with Crippen LogP contribution >= 0.6 is 15.9 Å². The number of halogens is 1. The van der Waals surface area contributed by atoms with Crippen molar-refractivity contribution < 1.29 is 4.74 Å². The smallest absolute Gasteiger partial charge is 0.0717 e. The highest BCUT2D eigenvalue weighted by Crippen LogP contribution is 2.47. The highest BCUT2D eigenvalue weighted by Gasteiger charge is 2.44. The molecule has 0 aromatic carbocycles. The van der Waals surface area contributed by atoms with Gasteiger partial charge in [0.05, 0.1) is 17.3 Å². The molecule has 1 spiro atoms. The third-order valence-electron chi connectivity index (χ3n) is 4.77. The molecule has 0 amide bonds. The fourth-order valence-corrected chi connectivity index (χ4v) is 4.10. The summed E-state index contributed by atoms with van der Waals surface area (Å²) in [5.74, 6) is 0.621. The molecule has 1 aliphatic carbocycles. The largest absolute Gasteiger partial charge is 0.375 e. The van der Waals surface area contributed by atoms with E-state index in [9.17, 15) is 0 Å². The van der Waals surface area contributed by atoms with Crippen LogP contribution in [0.25, 0.3) is 0 Å². The minimum absolute atomic E-state index is 0.192. The molecule has 2 fully saturated rings. The van der Waals surface area contributed by atoms with Crippen molar-refractivity contribution in [2.45, 2.75) is 50.7 Å². The highest BCUT2D eigenvalue weighted by atomic mass is 79.9. The SMILES string of the molecule is CCNC(c1ncccc1Br)C1CCOC2(CCC2)C1. The number of pyridine rings is 1. The fourth-order valence-electron chi connectivity index (χ4n) is 3.60. The van der Waals surface area contributed by atoms with Gasteiger partial charge in [-0.2, -0.15) is 0 Å². The first-order valence-electron chi connectivity index (χ1n) is 7.72. The fraction of sp³-hybridized carbons (Fsp3) is 0.688. The molecule has 2 aliphatic rings. The van der Waals surface area contributed by atoms with Gasteiger partial charge in [0.1, 0.15) is 0 Å². The summed E-state index contributed by atoms with van der Waals surface area (Å²) in [5.41, 5.74) is 1.34. The molecule has 1 aromatic heterocycles. The van der Waals surface area contributed by atoms with E-state index in [0.717, 1.165) is 29.7 Å². The summed E-state index contributed by atoms with van der Waals surface area (Å²) < 4.78 is 7.18. The Balaban J connectivity index is 1.81. The van der Waals surface area contributed by atoms with Gasteiger partial charge in [-0.3, -0.25) is 4.98 Å². The second-order valence-electron chi connectivity index (χ2n) is 6.04. The molecule has 2 unspecified atom stereocenters. The van der Waals surface area contributed by atoms with Crippen LogP contribution in [0.15, 0.2) is 22.8 Å². The summed E-state index contributed by atoms with van der Waals surface area (Å²) in [6, 6.07) is 4.40. The monoisotopic (exact) mass is 338 g/mol. The van der Waals surface area contributed by atoms with Crippen molar-refractivity contribution in [2.24, 2.45) is 5.92 Å². The van der Waals surface area contributed by atoms with Gasteiger partial charge in [0.25, 0.3) is 0 Å². The zero-order valence-electron chi connectivity index (χ0n) is 12.1. The van der Waals surface area contributed by atoms with Gasteiger partial charge < -0.3 is 10.1 Å². The van der Waals surface area contributed by atoms with Crippen molar-refractivity contribution in [3.63, 3.8) is 0 Å². The van der Waals surface area contributed by atoms with E-state index in [2.05, 4.69) is 39.2 Å². The van der Waals surface area contributed by atoms with Crippen molar-refractivity contribution in [1.29, 1.82) is 0 Å². The third-order valence-corrected chi connectivity index (χ3v) is 5.44. The van der Waals surface area contributed by atoms with Crippen molar-refractivity contribution in [3.8, 4) is 0 Å². The Morgan fingerprint density at radius 1 is 1.55 bits per heavy atom. The van der Waals surface area contributed by atoms with Gasteiger partial charge in [-0.05, 0) is 72.6 Å². The molecular weight excluding hydrogens is 316 g/mol. The maximum atomic E-state index is 6.07. The summed E-state index contributed by atoms with van der Waals surface area (Å²) in [5, 5.41) is 3.65. The zero-order chi connectivity index (χ0) is 14.0. The number of nitrogens with zero attached hydrogens (tertiary/aromatic N) is 1. The lowest BCUT2D eigenvalue weighted by atomic mass is 9.70. The van der Waals surface area contributed by atoms with Gasteiger partial charge in [0.2, 0.25) is 0 Å². The molecule has 1 aliphatic heterocycles. The number of hydrogen-bond donors (Lipinski definition) is 1. The van der Waals surface area contributed by atoms with Crippen LogP contribution in [0.5, 0.6) is 0 Å². The second kappa shape index (κ2) is 6.12. The van der Waals surface area contributed by atoms with Crippen LogP contribution in [0.3, 0.4) is 0 Å². The predicted molar refractivity (Wildman–Crippen MR) is 83.6 cm³/mol. The van der Waals surface area contributed by atoms with Gasteiger partial charge >= 0.3 is 0 Å². The van der Waals surface area contributed by atoms with E-state index < -0.39 is 0 Å². The van der Waals surface area contributed by atoms with Crippen LogP contribution in [0.1, 0.15) is 50.8 Å². The zero-order valence-corrected chi connectivity index (χ0v) is 13.7. The van der Waals surface area contributed by atoms with Crippen LogP contribution in [0.2, 0.25) is 0 Å². The lowest BCUT2D eigenvalue weighted by Crippen LogP contribution is -2.48. The summed E-state index contributed by atoms with van der Waals surface area (Å²) in [4.78, 5) is 4.61. The van der Waals surface area contributed by atoms with Crippen LogP contribution in [0.4, 0.5) is 0 Å². The summed E-state index contributed by atoms with van der Waals surface area (Å²) in [6.45, 7) is 4.04. The summed E-state index contributed by atoms with van der Waals surface area (Å²) >= 11 is 3.66. The van der Waals surface area contributed by atoms with E-state index >= 15 is 0 Å². The Labute approximate surface area is 129 Å². The molecule has 0 radical (unpaired) electrons. The van der Waals surface area contributed by atoms with Crippen LogP contribution in [-0.2, 0) is 4.74 Å². The first-order valence-corrected chi connectivity index (χ1v) is 8.51. The molecule has 1 aromatic rings. The standard InChI is InChI=1S/C16H23BrN2O/c1-2-18-14(15-13(17)5-3-9-19-15)12-6-10-20-16(11-12)7-4-8-16/h3,5,9,12,14,18H,2,4,6-8,10-11H2,1H3. The van der Waals surface area contributed by atoms with Gasteiger partial charge in [0, 0.05) is 17.3 Å². The molecule has 110 valence electrons. The van der Waals surface area contributed by atoms with Crippen molar-refractivity contribution in [2.75, 3.05) is 13.2 Å². The lowest BCUT2D eigenvalue weighted by Gasteiger charge is -2.48. The Bertz CT molecular complexity index is 462. The molecule has 20 heavy (non-hydrogen) atoms. The molecule has 1 N–H and O–H groups in total. The minimum atomic E-state index is 0.192. The van der Waals surface area contributed by atoms with E-state index in [0.29, 0.717) is 12.0 Å². The molecule has 3 rings (SSSR count). The maximum absolute atomic E-state index is 6.07. The van der Waals surface area contributed by atoms with E-state index in [1.54, 1.807) is 0 Å². The van der Waals surface area contributed by atoms with Crippen molar-refractivity contribution in [1.82, 2.24) is 10.3 Å². The number of rotatable bonds is 4. The predicted octanol–water partition coefficient (Wildman–Crippen LogP) is 3.84. The van der Waals surface area contributed by atoms with Gasteiger partial charge in [0.15, 0.2) is 0 Å². The Morgan fingerprint density at radius 2 is 2.40 bits per heavy atom. The number of nitrogens with one attached hydrogen (secondary N) is 1. The molecule has 0 bridgehead atoms. The molecular formula is C16H23BrN2O. The number of hydrogen-bond acceptors (Lipinski definition) is 3. The lowest BCUT2D eigenvalue weighted by molar-refractivity contribution is -0.147. The normalized spacial score (nSPS) is 26.2. The van der Waals surface area contributed by atoms with E-state index in [-0.39, 0.29) is 5.60 Å². The summed E-state index contributed by atoms with van der Waals surface area (Å²) in [7, 11) is 0. The first kappa shape index (κ1) is 14.5. The number of aromatic nitrogens is 1. The van der Waals surface area contributed by atoms with E-state index in [1.165, 1.54) is 25.7 Å². The minimum Gasteiger partial charge on any atom is -0.375 e. The number of ether oxygens (including phenoxy) is 1. The van der Waals surface area contributed by atoms with Crippen LogP contribution < -0.4 is 5.32 Å². The highest BCUT2D eigenvalue weighted by molar-refractivity contribution is 9.10. The summed E-state index contributed by atoms with van der Waals surface area (Å²) in [6.07, 6.45) is 8.00. The van der Waals surface area contributed by atoms with Crippen molar-refractivity contribution in [3.05, 3.63) is 28.5 Å². The Kier molecular flexibility index (Phi) is 4.43. The first-order chi connectivity index (χ1) is 9.74. The Morgan fingerprint density at radius 3 is 3.05 bits per heavy atom. The molecule has 2 heterocycles. The van der Waals surface area contributed by atoms with Crippen molar-refractivity contribution >= 4 is 15.9 Å². The molecule has 1 saturated carbocycles. The van der Waals surface area contributed by atoms with E-state index in [1.807, 2.05) is 12.3 Å². The van der Waals surface area contributed by atoms with Gasteiger partial charge in [-0.25, -0.2) is 0 Å². The van der Waals surface area contributed by atoms with Gasteiger partial charge in [-0.15, -0.1) is 0 Å². The molecule has 4 heteroatoms. The topological polar surface area (TPSA) is 34.2 Å². The Hall–Kier alpha value is -0.450. The molecule has 3 nitrogen and oxygen atoms in total.